The third kappa shape index (κ3) is 2.20. The van der Waals surface area contributed by atoms with Crippen molar-refractivity contribution in [3.63, 3.8) is 0 Å². The first-order valence-electron chi connectivity index (χ1n) is 6.20. The molecule has 0 radical (unpaired) electrons. The molecule has 5 nitrogen and oxygen atoms in total. The zero-order valence-corrected chi connectivity index (χ0v) is 12.1. The minimum Gasteiger partial charge on any atom is -0.442 e. The van der Waals surface area contributed by atoms with E-state index in [4.69, 9.17) is 20.8 Å². The first kappa shape index (κ1) is 13.4. The molecule has 0 atom stereocenters. The van der Waals surface area contributed by atoms with Gasteiger partial charge in [-0.2, -0.15) is 5.26 Å². The van der Waals surface area contributed by atoms with Crippen LogP contribution in [0, 0.1) is 25.2 Å². The summed E-state index contributed by atoms with van der Waals surface area (Å²) in [6, 6.07) is 9.25. The molecule has 21 heavy (non-hydrogen) atoms. The number of para-hydroxylation sites is 1. The Morgan fingerprint density at radius 2 is 1.95 bits per heavy atom. The Balaban J connectivity index is 2.15. The van der Waals surface area contributed by atoms with E-state index in [9.17, 15) is 5.26 Å². The zero-order valence-electron chi connectivity index (χ0n) is 11.3. The molecule has 0 aliphatic rings. The number of rotatable bonds is 2. The van der Waals surface area contributed by atoms with Crippen LogP contribution in [0.5, 0.6) is 11.6 Å². The summed E-state index contributed by atoms with van der Waals surface area (Å²) in [6.45, 7) is 3.66. The summed E-state index contributed by atoms with van der Waals surface area (Å²) >= 11 is 5.92. The van der Waals surface area contributed by atoms with E-state index < -0.39 is 0 Å². The molecule has 0 saturated heterocycles. The Morgan fingerprint density at radius 1 is 1.19 bits per heavy atom. The number of hydrogen-bond donors (Lipinski definition) is 0. The van der Waals surface area contributed by atoms with Crippen LogP contribution in [0.3, 0.4) is 0 Å². The minimum absolute atomic E-state index is 0.102. The molecular formula is C15H10ClN3O2. The van der Waals surface area contributed by atoms with E-state index in [1.165, 1.54) is 0 Å². The van der Waals surface area contributed by atoms with Crippen LogP contribution in [0.4, 0.5) is 0 Å². The highest BCUT2D eigenvalue weighted by atomic mass is 35.5. The summed E-state index contributed by atoms with van der Waals surface area (Å²) in [4.78, 5) is 0. The highest BCUT2D eigenvalue weighted by molar-refractivity contribution is 6.30. The van der Waals surface area contributed by atoms with Crippen LogP contribution < -0.4 is 4.74 Å². The minimum atomic E-state index is 0.102. The van der Waals surface area contributed by atoms with Gasteiger partial charge in [0.15, 0.2) is 10.9 Å². The molecular weight excluding hydrogens is 290 g/mol. The second-order valence-corrected chi connectivity index (χ2v) is 4.87. The maximum atomic E-state index is 9.18. The molecule has 104 valence electrons. The van der Waals surface area contributed by atoms with Gasteiger partial charge in [0.05, 0.1) is 5.39 Å². The van der Waals surface area contributed by atoms with Gasteiger partial charge in [0.1, 0.15) is 11.7 Å². The van der Waals surface area contributed by atoms with E-state index in [0.717, 1.165) is 11.1 Å². The lowest BCUT2D eigenvalue weighted by Crippen LogP contribution is -1.98. The van der Waals surface area contributed by atoms with Gasteiger partial charge < -0.3 is 9.15 Å². The number of halogens is 1. The van der Waals surface area contributed by atoms with E-state index in [1.807, 2.05) is 38.1 Å². The lowest BCUT2D eigenvalue weighted by molar-refractivity contribution is 0.439. The van der Waals surface area contributed by atoms with Gasteiger partial charge in [-0.1, -0.05) is 23.7 Å². The largest absolute Gasteiger partial charge is 0.442 e. The smallest absolute Gasteiger partial charge is 0.247 e. The topological polar surface area (TPSA) is 71.9 Å². The van der Waals surface area contributed by atoms with E-state index >= 15 is 0 Å². The van der Waals surface area contributed by atoms with Crippen LogP contribution in [0.2, 0.25) is 5.15 Å². The van der Waals surface area contributed by atoms with Crippen LogP contribution >= 0.6 is 11.6 Å². The average Bonchev–Trinajstić information content (AvgIpc) is 2.86. The summed E-state index contributed by atoms with van der Waals surface area (Å²) < 4.78 is 11.2. The fraction of sp³-hybridized carbons (Fsp3) is 0.133. The van der Waals surface area contributed by atoms with Crippen molar-refractivity contribution in [3.8, 4) is 17.7 Å². The molecule has 0 aliphatic carbocycles. The summed E-state index contributed by atoms with van der Waals surface area (Å²) in [5.41, 5.74) is 2.14. The van der Waals surface area contributed by atoms with Crippen molar-refractivity contribution in [2.45, 2.75) is 13.8 Å². The second kappa shape index (κ2) is 5.08. The molecule has 0 bridgehead atoms. The van der Waals surface area contributed by atoms with Crippen LogP contribution in [-0.2, 0) is 0 Å². The predicted molar refractivity (Wildman–Crippen MR) is 77.5 cm³/mol. The third-order valence-corrected chi connectivity index (χ3v) is 3.63. The van der Waals surface area contributed by atoms with Crippen molar-refractivity contribution in [2.75, 3.05) is 0 Å². The number of nitriles is 1. The molecule has 0 spiro atoms. The summed E-state index contributed by atoms with van der Waals surface area (Å²) in [6.07, 6.45) is 0. The van der Waals surface area contributed by atoms with E-state index in [-0.39, 0.29) is 5.76 Å². The lowest BCUT2D eigenvalue weighted by atomic mass is 10.2. The van der Waals surface area contributed by atoms with Gasteiger partial charge in [-0.15, -0.1) is 10.2 Å². The van der Waals surface area contributed by atoms with E-state index in [2.05, 4.69) is 10.2 Å². The Labute approximate surface area is 125 Å². The van der Waals surface area contributed by atoms with Crippen molar-refractivity contribution >= 4 is 22.6 Å². The average molecular weight is 300 g/mol. The molecule has 6 heteroatoms. The highest BCUT2D eigenvalue weighted by Crippen LogP contribution is 2.36. The fourth-order valence-corrected chi connectivity index (χ4v) is 2.12. The maximum absolute atomic E-state index is 9.18. The van der Waals surface area contributed by atoms with E-state index in [1.54, 1.807) is 6.07 Å². The summed E-state index contributed by atoms with van der Waals surface area (Å²) in [5.74, 6) is 0.747. The van der Waals surface area contributed by atoms with Gasteiger partial charge in [0, 0.05) is 5.56 Å². The predicted octanol–water partition coefficient (Wildman–Crippen LogP) is 4.16. The quantitative estimate of drug-likeness (QED) is 0.710. The number of aromatic nitrogens is 2. The summed E-state index contributed by atoms with van der Waals surface area (Å²) in [5, 5.41) is 18.0. The third-order valence-electron chi connectivity index (χ3n) is 3.27. The SMILES string of the molecule is Cc1c(Cl)nnc(Oc2c(C#N)oc3ccccc23)c1C. The number of ether oxygens (including phenoxy) is 1. The Bertz CT molecular complexity index is 880. The second-order valence-electron chi connectivity index (χ2n) is 4.52. The maximum Gasteiger partial charge on any atom is 0.247 e. The number of nitrogens with zero attached hydrogens (tertiary/aromatic N) is 3. The van der Waals surface area contributed by atoms with Gasteiger partial charge in [-0.05, 0) is 31.5 Å². The molecule has 1 aromatic carbocycles. The first-order chi connectivity index (χ1) is 10.1. The standard InChI is InChI=1S/C15H10ClN3O2/c1-8-9(2)15(19-18-14(8)16)21-13-10-5-3-4-6-11(10)20-12(13)7-17/h3-6H,1-2H3. The molecule has 0 unspecified atom stereocenters. The monoisotopic (exact) mass is 299 g/mol. The van der Waals surface area contributed by atoms with Gasteiger partial charge in [-0.25, -0.2) is 0 Å². The fourth-order valence-electron chi connectivity index (χ4n) is 1.94. The molecule has 0 fully saturated rings. The van der Waals surface area contributed by atoms with Gasteiger partial charge in [0.25, 0.3) is 0 Å². The Morgan fingerprint density at radius 3 is 2.71 bits per heavy atom. The molecule has 2 aromatic heterocycles. The van der Waals surface area contributed by atoms with Crippen molar-refractivity contribution in [1.29, 1.82) is 5.26 Å². The molecule has 0 aliphatic heterocycles. The number of furan rings is 1. The lowest BCUT2D eigenvalue weighted by Gasteiger charge is -2.08. The Hall–Kier alpha value is -2.58. The van der Waals surface area contributed by atoms with Crippen LogP contribution in [0.1, 0.15) is 16.9 Å². The number of fused-ring (bicyclic) bond motifs is 1. The molecule has 2 heterocycles. The molecule has 0 N–H and O–H groups in total. The van der Waals surface area contributed by atoms with E-state index in [0.29, 0.717) is 27.8 Å². The normalized spacial score (nSPS) is 10.6. The van der Waals surface area contributed by atoms with Crippen LogP contribution in [-0.4, -0.2) is 10.2 Å². The van der Waals surface area contributed by atoms with Crippen LogP contribution in [0.25, 0.3) is 11.0 Å². The molecule has 0 amide bonds. The number of hydrogen-bond acceptors (Lipinski definition) is 5. The highest BCUT2D eigenvalue weighted by Gasteiger charge is 2.18. The first-order valence-corrected chi connectivity index (χ1v) is 6.58. The van der Waals surface area contributed by atoms with Crippen molar-refractivity contribution in [2.24, 2.45) is 0 Å². The zero-order chi connectivity index (χ0) is 15.0. The van der Waals surface area contributed by atoms with Crippen molar-refractivity contribution < 1.29 is 9.15 Å². The Kier molecular flexibility index (Phi) is 3.24. The summed E-state index contributed by atoms with van der Waals surface area (Å²) in [7, 11) is 0. The molecule has 3 rings (SSSR count). The molecule has 3 aromatic rings. The van der Waals surface area contributed by atoms with Crippen molar-refractivity contribution in [1.82, 2.24) is 10.2 Å². The van der Waals surface area contributed by atoms with Gasteiger partial charge in [0.2, 0.25) is 11.6 Å². The molecule has 0 saturated carbocycles. The van der Waals surface area contributed by atoms with Gasteiger partial charge >= 0.3 is 0 Å². The van der Waals surface area contributed by atoms with Crippen LogP contribution in [0.15, 0.2) is 28.7 Å². The number of benzene rings is 1. The van der Waals surface area contributed by atoms with Crippen molar-refractivity contribution in [3.05, 3.63) is 46.3 Å². The van der Waals surface area contributed by atoms with Gasteiger partial charge in [-0.3, -0.25) is 0 Å².